The fourth-order valence-electron chi connectivity index (χ4n) is 3.72. The van der Waals surface area contributed by atoms with E-state index in [1.54, 1.807) is 19.1 Å². The van der Waals surface area contributed by atoms with E-state index in [1.807, 2.05) is 6.92 Å². The minimum absolute atomic E-state index is 0.00423. The van der Waals surface area contributed by atoms with Gasteiger partial charge < -0.3 is 9.47 Å². The molecular formula is C24H20F4O2. The molecule has 30 heavy (non-hydrogen) atoms. The van der Waals surface area contributed by atoms with Crippen molar-refractivity contribution in [2.75, 3.05) is 6.61 Å². The number of rotatable bonds is 5. The van der Waals surface area contributed by atoms with Crippen molar-refractivity contribution < 1.29 is 27.0 Å². The van der Waals surface area contributed by atoms with E-state index in [4.69, 9.17) is 9.47 Å². The van der Waals surface area contributed by atoms with Crippen LogP contribution in [0.3, 0.4) is 0 Å². The average molecular weight is 416 g/mol. The van der Waals surface area contributed by atoms with Crippen molar-refractivity contribution in [2.24, 2.45) is 0 Å². The predicted octanol–water partition coefficient (Wildman–Crippen LogP) is 6.96. The van der Waals surface area contributed by atoms with Gasteiger partial charge in [-0.05, 0) is 31.0 Å². The van der Waals surface area contributed by atoms with Gasteiger partial charge in [-0.1, -0.05) is 37.6 Å². The molecule has 6 heteroatoms. The Balaban J connectivity index is 1.76. The Bertz CT molecular complexity index is 1120. The summed E-state index contributed by atoms with van der Waals surface area (Å²) in [5, 5.41) is 0. The molecule has 0 unspecified atom stereocenters. The Morgan fingerprint density at radius 1 is 0.833 bits per heavy atom. The van der Waals surface area contributed by atoms with Crippen LogP contribution in [0.4, 0.5) is 17.6 Å². The van der Waals surface area contributed by atoms with Gasteiger partial charge in [0.15, 0.2) is 23.1 Å². The van der Waals surface area contributed by atoms with Crippen LogP contribution in [-0.2, 0) is 12.8 Å². The molecule has 1 heterocycles. The number of aryl methyl sites for hydroxylation is 1. The summed E-state index contributed by atoms with van der Waals surface area (Å²) in [5.41, 5.74) is 1.73. The Hall–Kier alpha value is -3.02. The van der Waals surface area contributed by atoms with Gasteiger partial charge in [0, 0.05) is 28.7 Å². The van der Waals surface area contributed by atoms with Gasteiger partial charge in [0.1, 0.15) is 5.82 Å². The maximum Gasteiger partial charge on any atom is 0.205 e. The summed E-state index contributed by atoms with van der Waals surface area (Å²) < 4.78 is 69.2. The first-order valence-corrected chi connectivity index (χ1v) is 9.86. The average Bonchev–Trinajstić information content (AvgIpc) is 2.72. The van der Waals surface area contributed by atoms with Gasteiger partial charge in [-0.25, -0.2) is 8.78 Å². The van der Waals surface area contributed by atoms with Gasteiger partial charge in [-0.3, -0.25) is 0 Å². The monoisotopic (exact) mass is 416 g/mol. The summed E-state index contributed by atoms with van der Waals surface area (Å²) >= 11 is 0. The van der Waals surface area contributed by atoms with Crippen molar-refractivity contribution in [1.29, 1.82) is 0 Å². The number of ether oxygens (including phenoxy) is 2. The Morgan fingerprint density at radius 2 is 1.57 bits per heavy atom. The Kier molecular flexibility index (Phi) is 5.41. The van der Waals surface area contributed by atoms with E-state index < -0.39 is 23.3 Å². The molecule has 0 spiro atoms. The summed E-state index contributed by atoms with van der Waals surface area (Å²) in [7, 11) is 0. The summed E-state index contributed by atoms with van der Waals surface area (Å²) in [6, 6.07) is 9.11. The number of hydrogen-bond acceptors (Lipinski definition) is 2. The third kappa shape index (κ3) is 3.40. The summed E-state index contributed by atoms with van der Waals surface area (Å²) in [6.45, 7) is 3.82. The number of benzene rings is 3. The largest absolute Gasteiger partial charge is 0.491 e. The highest BCUT2D eigenvalue weighted by Crippen LogP contribution is 2.45. The molecule has 4 rings (SSSR count). The van der Waals surface area contributed by atoms with E-state index in [9.17, 15) is 13.2 Å². The van der Waals surface area contributed by atoms with Crippen LogP contribution in [0, 0.1) is 23.3 Å². The van der Waals surface area contributed by atoms with Crippen molar-refractivity contribution in [3.05, 3.63) is 76.4 Å². The third-order valence-electron chi connectivity index (χ3n) is 5.13. The fourth-order valence-corrected chi connectivity index (χ4v) is 3.72. The van der Waals surface area contributed by atoms with Crippen molar-refractivity contribution in [1.82, 2.24) is 0 Å². The SMILES string of the molecule is CCCc1ccc(-c2ccc3c(c2F)Oc2c(cc(OCC)c(F)c2F)C3)c(F)c1. The van der Waals surface area contributed by atoms with Crippen molar-refractivity contribution >= 4 is 0 Å². The molecule has 2 nitrogen and oxygen atoms in total. The zero-order valence-electron chi connectivity index (χ0n) is 16.6. The van der Waals surface area contributed by atoms with Gasteiger partial charge >= 0.3 is 0 Å². The van der Waals surface area contributed by atoms with Crippen LogP contribution >= 0.6 is 0 Å². The molecule has 0 bridgehead atoms. The first-order chi connectivity index (χ1) is 14.4. The molecular weight excluding hydrogens is 396 g/mol. The third-order valence-corrected chi connectivity index (χ3v) is 5.13. The molecule has 0 N–H and O–H groups in total. The molecule has 1 aliphatic rings. The van der Waals surface area contributed by atoms with E-state index in [0.29, 0.717) is 11.1 Å². The lowest BCUT2D eigenvalue weighted by Crippen LogP contribution is -2.10. The lowest BCUT2D eigenvalue weighted by molar-refractivity contribution is 0.306. The van der Waals surface area contributed by atoms with Gasteiger partial charge in [0.05, 0.1) is 6.61 Å². The molecule has 0 radical (unpaired) electrons. The quantitative estimate of drug-likeness (QED) is 0.328. The molecule has 156 valence electrons. The van der Waals surface area contributed by atoms with Crippen molar-refractivity contribution in [3.8, 4) is 28.4 Å². The van der Waals surface area contributed by atoms with Gasteiger partial charge in [-0.2, -0.15) is 8.78 Å². The van der Waals surface area contributed by atoms with Gasteiger partial charge in [0.25, 0.3) is 0 Å². The van der Waals surface area contributed by atoms with Crippen LogP contribution in [0.2, 0.25) is 0 Å². The highest BCUT2D eigenvalue weighted by Gasteiger charge is 2.29. The highest BCUT2D eigenvalue weighted by atomic mass is 19.2. The second-order valence-electron chi connectivity index (χ2n) is 7.18. The van der Waals surface area contributed by atoms with E-state index >= 15 is 4.39 Å². The minimum atomic E-state index is -1.23. The molecule has 1 aliphatic heterocycles. The van der Waals surface area contributed by atoms with Crippen LogP contribution in [0.15, 0.2) is 36.4 Å². The number of halogens is 4. The molecule has 0 amide bonds. The predicted molar refractivity (Wildman–Crippen MR) is 106 cm³/mol. The zero-order valence-corrected chi connectivity index (χ0v) is 16.6. The molecule has 0 fully saturated rings. The van der Waals surface area contributed by atoms with E-state index in [1.165, 1.54) is 24.3 Å². The molecule has 0 aliphatic carbocycles. The molecule has 0 saturated carbocycles. The highest BCUT2D eigenvalue weighted by molar-refractivity contribution is 5.69. The normalized spacial score (nSPS) is 12.2. The minimum Gasteiger partial charge on any atom is -0.491 e. The van der Waals surface area contributed by atoms with Gasteiger partial charge in [-0.15, -0.1) is 0 Å². The van der Waals surface area contributed by atoms with Crippen molar-refractivity contribution in [2.45, 2.75) is 33.1 Å². The van der Waals surface area contributed by atoms with Crippen LogP contribution in [-0.4, -0.2) is 6.61 Å². The van der Waals surface area contributed by atoms with Gasteiger partial charge in [0.2, 0.25) is 11.6 Å². The van der Waals surface area contributed by atoms with E-state index in [0.717, 1.165) is 18.4 Å². The van der Waals surface area contributed by atoms with Crippen LogP contribution in [0.5, 0.6) is 17.2 Å². The van der Waals surface area contributed by atoms with Crippen LogP contribution in [0.1, 0.15) is 37.0 Å². The van der Waals surface area contributed by atoms with Crippen LogP contribution in [0.25, 0.3) is 11.1 Å². The first kappa shape index (κ1) is 20.3. The topological polar surface area (TPSA) is 18.5 Å². The molecule has 0 aromatic heterocycles. The lowest BCUT2D eigenvalue weighted by Gasteiger charge is -2.23. The molecule has 3 aromatic rings. The maximum absolute atomic E-state index is 15.3. The van der Waals surface area contributed by atoms with Crippen LogP contribution < -0.4 is 9.47 Å². The second kappa shape index (κ2) is 8.01. The Morgan fingerprint density at radius 3 is 2.27 bits per heavy atom. The maximum atomic E-state index is 15.3. The Labute approximate surface area is 172 Å². The smallest absolute Gasteiger partial charge is 0.205 e. The van der Waals surface area contributed by atoms with E-state index in [-0.39, 0.29) is 41.4 Å². The number of fused-ring (bicyclic) bond motifs is 2. The second-order valence-corrected chi connectivity index (χ2v) is 7.18. The summed E-state index contributed by atoms with van der Waals surface area (Å²) in [6.07, 6.45) is 1.72. The van der Waals surface area contributed by atoms with E-state index in [2.05, 4.69) is 0 Å². The standard InChI is InChI=1S/C24H20F4O2/c1-3-5-13-6-8-16(18(25)10-13)17-9-7-14-11-15-12-19(29-4-2)21(27)22(28)24(15)30-23(14)20(17)26/h6-10,12H,3-5,11H2,1-2H3. The summed E-state index contributed by atoms with van der Waals surface area (Å²) in [5.74, 6) is -4.59. The van der Waals surface area contributed by atoms with Crippen molar-refractivity contribution in [3.63, 3.8) is 0 Å². The number of hydrogen-bond donors (Lipinski definition) is 0. The zero-order chi connectivity index (χ0) is 21.4. The fraction of sp³-hybridized carbons (Fsp3) is 0.250. The molecule has 3 aromatic carbocycles. The summed E-state index contributed by atoms with van der Waals surface area (Å²) in [4.78, 5) is 0. The first-order valence-electron chi connectivity index (χ1n) is 9.86. The molecule has 0 atom stereocenters. The molecule has 0 saturated heterocycles. The lowest BCUT2D eigenvalue weighted by atomic mass is 9.95.